The number of piperazine rings is 1. The molecule has 0 aliphatic carbocycles. The number of imidazole rings is 1. The Labute approximate surface area is 163 Å². The number of aromatic nitrogens is 2. The summed E-state index contributed by atoms with van der Waals surface area (Å²) in [7, 11) is 1.58. The Hall–Kier alpha value is -3.35. The fraction of sp³-hybridized carbons (Fsp3) is 0.286. The highest BCUT2D eigenvalue weighted by atomic mass is 16.5. The van der Waals surface area contributed by atoms with Crippen molar-refractivity contribution >= 4 is 23.1 Å². The third-order valence-electron chi connectivity index (χ3n) is 5.04. The summed E-state index contributed by atoms with van der Waals surface area (Å²) in [5.41, 5.74) is 3.71. The first-order valence-electron chi connectivity index (χ1n) is 9.17. The van der Waals surface area contributed by atoms with E-state index in [0.717, 1.165) is 16.9 Å². The number of hydrogen-bond donors (Lipinski definition) is 0. The first kappa shape index (κ1) is 18.0. The lowest BCUT2D eigenvalue weighted by Crippen LogP contribution is -2.52. The molecule has 1 aromatic carbocycles. The quantitative estimate of drug-likeness (QED) is 0.702. The number of rotatable bonds is 3. The molecule has 1 fully saturated rings. The van der Waals surface area contributed by atoms with Gasteiger partial charge in [-0.3, -0.25) is 14.0 Å². The van der Waals surface area contributed by atoms with Gasteiger partial charge in [0.15, 0.2) is 0 Å². The highest BCUT2D eigenvalue weighted by molar-refractivity contribution is 6.02. The molecule has 0 radical (unpaired) electrons. The fourth-order valence-electron chi connectivity index (χ4n) is 3.63. The average Bonchev–Trinajstić information content (AvgIpc) is 3.02. The van der Waals surface area contributed by atoms with Gasteiger partial charge in [-0.2, -0.15) is 0 Å². The monoisotopic (exact) mass is 378 g/mol. The summed E-state index contributed by atoms with van der Waals surface area (Å²) in [5, 5.41) is 0. The van der Waals surface area contributed by atoms with Crippen LogP contribution in [-0.4, -0.2) is 52.8 Å². The Kier molecular flexibility index (Phi) is 4.50. The normalized spacial score (nSPS) is 14.6. The maximum absolute atomic E-state index is 13.2. The van der Waals surface area contributed by atoms with Crippen LogP contribution in [0.2, 0.25) is 0 Å². The number of nitrogens with zero attached hydrogens (tertiary/aromatic N) is 4. The summed E-state index contributed by atoms with van der Waals surface area (Å²) in [5.74, 6) is 0.330. The molecule has 1 saturated heterocycles. The Balaban J connectivity index is 1.59. The molecule has 7 nitrogen and oxygen atoms in total. The van der Waals surface area contributed by atoms with Crippen molar-refractivity contribution in [3.05, 3.63) is 59.5 Å². The summed E-state index contributed by atoms with van der Waals surface area (Å²) in [6, 6.07) is 11.3. The maximum Gasteiger partial charge on any atom is 0.273 e. The zero-order valence-electron chi connectivity index (χ0n) is 16.2. The summed E-state index contributed by atoms with van der Waals surface area (Å²) < 4.78 is 7.16. The highest BCUT2D eigenvalue weighted by Crippen LogP contribution is 2.29. The van der Waals surface area contributed by atoms with Crippen molar-refractivity contribution in [2.24, 2.45) is 0 Å². The minimum atomic E-state index is -0.179. The van der Waals surface area contributed by atoms with Gasteiger partial charge in [0.25, 0.3) is 5.91 Å². The lowest BCUT2D eigenvalue weighted by Gasteiger charge is -2.34. The van der Waals surface area contributed by atoms with Crippen molar-refractivity contribution in [2.75, 3.05) is 31.6 Å². The molecule has 28 heavy (non-hydrogen) atoms. The predicted octanol–water partition coefficient (Wildman–Crippen LogP) is 2.45. The molecule has 144 valence electrons. The number of benzene rings is 1. The summed E-state index contributed by atoms with van der Waals surface area (Å²) >= 11 is 0. The van der Waals surface area contributed by atoms with Crippen LogP contribution in [0.4, 0.5) is 5.69 Å². The van der Waals surface area contributed by atoms with Crippen molar-refractivity contribution in [1.82, 2.24) is 14.3 Å². The molecule has 3 heterocycles. The number of para-hydroxylation sites is 2. The molecule has 7 heteroatoms. The van der Waals surface area contributed by atoms with Gasteiger partial charge in [-0.05, 0) is 43.7 Å². The molecule has 0 spiro atoms. The topological polar surface area (TPSA) is 67.2 Å². The first-order chi connectivity index (χ1) is 13.5. The van der Waals surface area contributed by atoms with Crippen LogP contribution >= 0.6 is 0 Å². The number of ether oxygens (including phenoxy) is 1. The molecule has 0 bridgehead atoms. The second kappa shape index (κ2) is 6.99. The van der Waals surface area contributed by atoms with Gasteiger partial charge in [0.1, 0.15) is 23.6 Å². The van der Waals surface area contributed by atoms with Crippen LogP contribution in [0.15, 0.2) is 42.6 Å². The molecular formula is C21H22N4O3. The number of fused-ring (bicyclic) bond motifs is 1. The van der Waals surface area contributed by atoms with E-state index in [-0.39, 0.29) is 18.4 Å². The highest BCUT2D eigenvalue weighted by Gasteiger charge is 2.31. The Morgan fingerprint density at radius 3 is 2.68 bits per heavy atom. The summed E-state index contributed by atoms with van der Waals surface area (Å²) in [6.07, 6.45) is 1.85. The number of carbonyl (C=O) groups is 2. The minimum absolute atomic E-state index is 0.0232. The maximum atomic E-state index is 13.2. The Bertz CT molecular complexity index is 1070. The van der Waals surface area contributed by atoms with E-state index >= 15 is 0 Å². The second-order valence-corrected chi connectivity index (χ2v) is 6.92. The molecule has 0 atom stereocenters. The number of hydrogen-bond acceptors (Lipinski definition) is 4. The van der Waals surface area contributed by atoms with Crippen LogP contribution in [0.3, 0.4) is 0 Å². The first-order valence-corrected chi connectivity index (χ1v) is 9.17. The van der Waals surface area contributed by atoms with E-state index < -0.39 is 0 Å². The summed E-state index contributed by atoms with van der Waals surface area (Å²) in [4.78, 5) is 33.7. The smallest absolute Gasteiger partial charge is 0.273 e. The van der Waals surface area contributed by atoms with Gasteiger partial charge in [0, 0.05) is 19.3 Å². The van der Waals surface area contributed by atoms with E-state index in [9.17, 15) is 9.59 Å². The van der Waals surface area contributed by atoms with Crippen LogP contribution < -0.4 is 9.64 Å². The van der Waals surface area contributed by atoms with E-state index in [1.165, 1.54) is 0 Å². The van der Waals surface area contributed by atoms with Crippen molar-refractivity contribution in [3.63, 3.8) is 0 Å². The molecule has 4 rings (SSSR count). The lowest BCUT2D eigenvalue weighted by molar-refractivity contribution is -0.120. The number of amides is 2. The van der Waals surface area contributed by atoms with Gasteiger partial charge in [0.05, 0.1) is 18.5 Å². The molecule has 1 aliphatic heterocycles. The Morgan fingerprint density at radius 1 is 1.14 bits per heavy atom. The van der Waals surface area contributed by atoms with Gasteiger partial charge in [-0.15, -0.1) is 0 Å². The molecule has 0 unspecified atom stereocenters. The Morgan fingerprint density at radius 2 is 1.93 bits per heavy atom. The molecule has 1 aliphatic rings. The molecule has 0 saturated carbocycles. The van der Waals surface area contributed by atoms with Gasteiger partial charge < -0.3 is 14.5 Å². The van der Waals surface area contributed by atoms with Crippen molar-refractivity contribution < 1.29 is 14.3 Å². The lowest BCUT2D eigenvalue weighted by atomic mass is 10.2. The van der Waals surface area contributed by atoms with E-state index in [4.69, 9.17) is 4.74 Å². The molecule has 0 N–H and O–H groups in total. The van der Waals surface area contributed by atoms with Crippen molar-refractivity contribution in [1.29, 1.82) is 0 Å². The number of methoxy groups -OCH3 is 1. The zero-order chi connectivity index (χ0) is 19.8. The van der Waals surface area contributed by atoms with Crippen LogP contribution in [0, 0.1) is 13.8 Å². The van der Waals surface area contributed by atoms with E-state index in [1.807, 2.05) is 56.4 Å². The number of aryl methyl sites for hydroxylation is 2. The van der Waals surface area contributed by atoms with E-state index in [0.29, 0.717) is 30.2 Å². The van der Waals surface area contributed by atoms with Crippen LogP contribution in [-0.2, 0) is 4.79 Å². The standard InChI is InChI=1S/C21H22N4O3/c1-14-8-9-25-18(12-14)22-15(2)20(25)21(27)23-10-11-24(19(26)13-23)16-6-4-5-7-17(16)28-3/h4-9,12H,10-11,13H2,1-3H3. The third kappa shape index (κ3) is 2.98. The zero-order valence-corrected chi connectivity index (χ0v) is 16.2. The SMILES string of the molecule is COc1ccccc1N1CCN(C(=O)c2c(C)nc3cc(C)ccn23)CC1=O. The fourth-order valence-corrected chi connectivity index (χ4v) is 3.63. The number of pyridine rings is 1. The molecule has 2 amide bonds. The van der Waals surface area contributed by atoms with Crippen molar-refractivity contribution in [3.8, 4) is 5.75 Å². The summed E-state index contributed by atoms with van der Waals surface area (Å²) in [6.45, 7) is 4.69. The second-order valence-electron chi connectivity index (χ2n) is 6.92. The van der Waals surface area contributed by atoms with Crippen LogP contribution in [0.25, 0.3) is 5.65 Å². The number of anilines is 1. The molecule has 3 aromatic rings. The molecule has 2 aromatic heterocycles. The van der Waals surface area contributed by atoms with Gasteiger partial charge in [0.2, 0.25) is 5.91 Å². The minimum Gasteiger partial charge on any atom is -0.495 e. The third-order valence-corrected chi connectivity index (χ3v) is 5.04. The van der Waals surface area contributed by atoms with Crippen molar-refractivity contribution in [2.45, 2.75) is 13.8 Å². The van der Waals surface area contributed by atoms with Gasteiger partial charge in [-0.25, -0.2) is 4.98 Å². The van der Waals surface area contributed by atoms with Crippen LogP contribution in [0.5, 0.6) is 5.75 Å². The largest absolute Gasteiger partial charge is 0.495 e. The van der Waals surface area contributed by atoms with Gasteiger partial charge in [-0.1, -0.05) is 12.1 Å². The molecular weight excluding hydrogens is 356 g/mol. The van der Waals surface area contributed by atoms with E-state index in [1.54, 1.807) is 21.3 Å². The number of carbonyl (C=O) groups excluding carboxylic acids is 2. The van der Waals surface area contributed by atoms with Crippen LogP contribution in [0.1, 0.15) is 21.7 Å². The van der Waals surface area contributed by atoms with E-state index in [2.05, 4.69) is 4.98 Å². The predicted molar refractivity (Wildman–Crippen MR) is 106 cm³/mol. The average molecular weight is 378 g/mol. The van der Waals surface area contributed by atoms with Gasteiger partial charge >= 0.3 is 0 Å².